The first kappa shape index (κ1) is 22.0. The van der Waals surface area contributed by atoms with Crippen molar-refractivity contribution in [3.8, 4) is 5.82 Å². The predicted molar refractivity (Wildman–Crippen MR) is 116 cm³/mol. The standard InChI is InChI=1S/C24H19F4N5O/c1-13-21-17(23(34)30-12-15-7-8-16(25)10-18(15)24(26,27)28)11-19(14-5-6-14)31-22(21)33(32-13)20-4-2-3-9-29-20/h2-4,7-11,14H,5-6,12H2,1H3,(H,30,34). The lowest BCUT2D eigenvalue weighted by molar-refractivity contribution is -0.138. The maximum absolute atomic E-state index is 13.4. The molecule has 0 unspecified atom stereocenters. The summed E-state index contributed by atoms with van der Waals surface area (Å²) >= 11 is 0. The molecule has 0 radical (unpaired) electrons. The van der Waals surface area contributed by atoms with Gasteiger partial charge in [0, 0.05) is 24.4 Å². The van der Waals surface area contributed by atoms with Crippen molar-refractivity contribution in [2.45, 2.75) is 38.4 Å². The second kappa shape index (κ2) is 8.19. The number of aryl methyl sites for hydroxylation is 1. The Labute approximate surface area is 191 Å². The Hall–Kier alpha value is -3.82. The third-order valence-corrected chi connectivity index (χ3v) is 5.76. The molecule has 0 atom stereocenters. The molecular weight excluding hydrogens is 450 g/mol. The molecular formula is C24H19F4N5O. The van der Waals surface area contributed by atoms with Gasteiger partial charge in [-0.1, -0.05) is 12.1 Å². The molecule has 5 rings (SSSR count). The number of halogens is 4. The fourth-order valence-corrected chi connectivity index (χ4v) is 3.95. The second-order valence-corrected chi connectivity index (χ2v) is 8.23. The molecule has 1 aliphatic carbocycles. The lowest BCUT2D eigenvalue weighted by atomic mass is 10.1. The fourth-order valence-electron chi connectivity index (χ4n) is 3.95. The van der Waals surface area contributed by atoms with Crippen LogP contribution in [-0.2, 0) is 12.7 Å². The molecule has 1 fully saturated rings. The van der Waals surface area contributed by atoms with Gasteiger partial charge in [-0.05, 0) is 55.7 Å². The zero-order chi connectivity index (χ0) is 24.0. The fraction of sp³-hybridized carbons (Fsp3) is 0.250. The summed E-state index contributed by atoms with van der Waals surface area (Å²) in [6, 6.07) is 9.43. The highest BCUT2D eigenvalue weighted by molar-refractivity contribution is 6.06. The summed E-state index contributed by atoms with van der Waals surface area (Å²) in [6.07, 6.45) is -1.23. The summed E-state index contributed by atoms with van der Waals surface area (Å²) in [6.45, 7) is 1.32. The van der Waals surface area contributed by atoms with Crippen LogP contribution < -0.4 is 5.32 Å². The Morgan fingerprint density at radius 2 is 1.97 bits per heavy atom. The zero-order valence-electron chi connectivity index (χ0n) is 18.0. The maximum Gasteiger partial charge on any atom is 0.416 e. The van der Waals surface area contributed by atoms with Crippen LogP contribution in [0.4, 0.5) is 17.6 Å². The number of benzene rings is 1. The first-order chi connectivity index (χ1) is 16.2. The van der Waals surface area contributed by atoms with Gasteiger partial charge in [0.15, 0.2) is 11.5 Å². The van der Waals surface area contributed by atoms with Crippen molar-refractivity contribution in [1.82, 2.24) is 25.1 Å². The van der Waals surface area contributed by atoms with E-state index in [1.807, 2.05) is 6.07 Å². The van der Waals surface area contributed by atoms with Crippen LogP contribution in [0.5, 0.6) is 0 Å². The van der Waals surface area contributed by atoms with Crippen LogP contribution in [0.3, 0.4) is 0 Å². The summed E-state index contributed by atoms with van der Waals surface area (Å²) in [7, 11) is 0. The van der Waals surface area contributed by atoms with Crippen LogP contribution in [0.25, 0.3) is 16.9 Å². The lowest BCUT2D eigenvalue weighted by Gasteiger charge is -2.14. The van der Waals surface area contributed by atoms with Gasteiger partial charge < -0.3 is 5.32 Å². The largest absolute Gasteiger partial charge is 0.416 e. The molecule has 3 heterocycles. The van der Waals surface area contributed by atoms with Crippen molar-refractivity contribution in [1.29, 1.82) is 0 Å². The van der Waals surface area contributed by atoms with Gasteiger partial charge in [-0.25, -0.2) is 14.4 Å². The second-order valence-electron chi connectivity index (χ2n) is 8.23. The van der Waals surface area contributed by atoms with Gasteiger partial charge in [-0.3, -0.25) is 4.79 Å². The smallest absolute Gasteiger partial charge is 0.348 e. The van der Waals surface area contributed by atoms with E-state index >= 15 is 0 Å². The van der Waals surface area contributed by atoms with E-state index in [-0.39, 0.29) is 17.0 Å². The molecule has 0 saturated heterocycles. The molecule has 174 valence electrons. The van der Waals surface area contributed by atoms with Gasteiger partial charge in [0.2, 0.25) is 0 Å². The monoisotopic (exact) mass is 469 g/mol. The van der Waals surface area contributed by atoms with Crippen molar-refractivity contribution < 1.29 is 22.4 Å². The molecule has 0 aliphatic heterocycles. The van der Waals surface area contributed by atoms with Crippen molar-refractivity contribution in [3.05, 3.63) is 82.6 Å². The van der Waals surface area contributed by atoms with Gasteiger partial charge in [0.25, 0.3) is 5.91 Å². The Balaban J connectivity index is 1.54. The van der Waals surface area contributed by atoms with Crippen LogP contribution in [0.1, 0.15) is 51.6 Å². The van der Waals surface area contributed by atoms with E-state index in [1.54, 1.807) is 36.0 Å². The number of pyridine rings is 2. The maximum atomic E-state index is 13.4. The van der Waals surface area contributed by atoms with Crippen LogP contribution in [0.15, 0.2) is 48.7 Å². The number of hydrogen-bond donors (Lipinski definition) is 1. The minimum Gasteiger partial charge on any atom is -0.348 e. The van der Waals surface area contributed by atoms with Crippen LogP contribution in [-0.4, -0.2) is 25.7 Å². The normalized spacial score (nSPS) is 13.9. The Morgan fingerprint density at radius 3 is 2.65 bits per heavy atom. The number of rotatable bonds is 5. The van der Waals surface area contributed by atoms with Crippen molar-refractivity contribution in [3.63, 3.8) is 0 Å². The third kappa shape index (κ3) is 4.11. The summed E-state index contributed by atoms with van der Waals surface area (Å²) in [4.78, 5) is 22.3. The number of carbonyl (C=O) groups excluding carboxylic acids is 1. The summed E-state index contributed by atoms with van der Waals surface area (Å²) < 4.78 is 55.0. The van der Waals surface area contributed by atoms with E-state index in [4.69, 9.17) is 4.98 Å². The molecule has 0 bridgehead atoms. The highest BCUT2D eigenvalue weighted by Gasteiger charge is 2.34. The molecule has 1 saturated carbocycles. The minimum atomic E-state index is -4.74. The first-order valence-corrected chi connectivity index (χ1v) is 10.7. The number of amides is 1. The van der Waals surface area contributed by atoms with Crippen LogP contribution in [0, 0.1) is 12.7 Å². The van der Waals surface area contributed by atoms with E-state index in [0.29, 0.717) is 28.6 Å². The van der Waals surface area contributed by atoms with Gasteiger partial charge in [-0.2, -0.15) is 23.0 Å². The number of carbonyl (C=O) groups is 1. The van der Waals surface area contributed by atoms with Crippen molar-refractivity contribution >= 4 is 16.9 Å². The number of nitrogens with zero attached hydrogens (tertiary/aromatic N) is 4. The van der Waals surface area contributed by atoms with Crippen molar-refractivity contribution in [2.24, 2.45) is 0 Å². The summed E-state index contributed by atoms with van der Waals surface area (Å²) in [5, 5.41) is 7.58. The molecule has 4 aromatic rings. The SMILES string of the molecule is Cc1nn(-c2ccccn2)c2nc(C3CC3)cc(C(=O)NCc3ccc(F)cc3C(F)(F)F)c12. The quantitative estimate of drug-likeness (QED) is 0.414. The molecule has 6 nitrogen and oxygen atoms in total. The van der Waals surface area contributed by atoms with Gasteiger partial charge in [-0.15, -0.1) is 0 Å². The summed E-state index contributed by atoms with van der Waals surface area (Å²) in [5.74, 6) is -0.800. The Kier molecular flexibility index (Phi) is 5.30. The predicted octanol–water partition coefficient (Wildman–Crippen LogP) is 5.09. The molecule has 3 aromatic heterocycles. The topological polar surface area (TPSA) is 72.7 Å². The summed E-state index contributed by atoms with van der Waals surface area (Å²) in [5.41, 5.74) is 0.665. The molecule has 34 heavy (non-hydrogen) atoms. The average molecular weight is 469 g/mol. The molecule has 1 amide bonds. The molecule has 10 heteroatoms. The molecule has 0 spiro atoms. The first-order valence-electron chi connectivity index (χ1n) is 10.7. The van der Waals surface area contributed by atoms with Crippen molar-refractivity contribution in [2.75, 3.05) is 0 Å². The number of aromatic nitrogens is 4. The highest BCUT2D eigenvalue weighted by atomic mass is 19.4. The van der Waals surface area contributed by atoms with E-state index < -0.39 is 30.0 Å². The third-order valence-electron chi connectivity index (χ3n) is 5.76. The van der Waals surface area contributed by atoms with E-state index in [2.05, 4.69) is 15.4 Å². The molecule has 1 aromatic carbocycles. The van der Waals surface area contributed by atoms with Gasteiger partial charge >= 0.3 is 6.18 Å². The van der Waals surface area contributed by atoms with Crippen LogP contribution in [0.2, 0.25) is 0 Å². The zero-order valence-corrected chi connectivity index (χ0v) is 18.0. The van der Waals surface area contributed by atoms with Crippen LogP contribution >= 0.6 is 0 Å². The van der Waals surface area contributed by atoms with E-state index in [0.717, 1.165) is 30.7 Å². The Morgan fingerprint density at radius 1 is 1.18 bits per heavy atom. The van der Waals surface area contributed by atoms with Gasteiger partial charge in [0.1, 0.15) is 5.82 Å². The Bertz CT molecular complexity index is 1390. The minimum absolute atomic E-state index is 0.220. The van der Waals surface area contributed by atoms with E-state index in [9.17, 15) is 22.4 Å². The number of fused-ring (bicyclic) bond motifs is 1. The lowest BCUT2D eigenvalue weighted by Crippen LogP contribution is -2.25. The number of nitrogens with one attached hydrogen (secondary N) is 1. The number of hydrogen-bond acceptors (Lipinski definition) is 4. The average Bonchev–Trinajstić information content (AvgIpc) is 3.61. The van der Waals surface area contributed by atoms with E-state index in [1.165, 1.54) is 0 Å². The highest BCUT2D eigenvalue weighted by Crippen LogP contribution is 2.40. The molecule has 1 aliphatic rings. The number of alkyl halides is 3. The molecule has 1 N–H and O–H groups in total. The van der Waals surface area contributed by atoms with Gasteiger partial charge in [0.05, 0.1) is 22.2 Å².